The van der Waals surface area contributed by atoms with Crippen LogP contribution in [0.2, 0.25) is 0 Å². The minimum absolute atomic E-state index is 0.379. The predicted octanol–water partition coefficient (Wildman–Crippen LogP) is 5.23. The molecule has 1 rings (SSSR count). The molecule has 0 radical (unpaired) electrons. The van der Waals surface area contributed by atoms with E-state index in [1.54, 1.807) is 23.9 Å². The van der Waals surface area contributed by atoms with Gasteiger partial charge in [0.25, 0.3) is 0 Å². The number of carboxylic acids is 1. The van der Waals surface area contributed by atoms with Crippen molar-refractivity contribution in [1.29, 1.82) is 0 Å². The lowest BCUT2D eigenvalue weighted by Crippen LogP contribution is -1.95. The Morgan fingerprint density at radius 1 is 1.11 bits per heavy atom. The van der Waals surface area contributed by atoms with Crippen LogP contribution in [-0.4, -0.2) is 16.8 Å². The molecule has 0 atom stereocenters. The summed E-state index contributed by atoms with van der Waals surface area (Å²) >= 11 is 1.76. The van der Waals surface area contributed by atoms with E-state index in [0.29, 0.717) is 5.56 Å². The molecule has 0 fully saturated rings. The third-order valence-electron chi connectivity index (χ3n) is 3.10. The van der Waals surface area contributed by atoms with E-state index in [0.717, 1.165) is 10.6 Å². The normalized spacial score (nSPS) is 10.6. The first kappa shape index (κ1) is 16.1. The summed E-state index contributed by atoms with van der Waals surface area (Å²) in [5, 5.41) is 8.91. The number of rotatable bonds is 10. The number of hydrogen-bond donors (Lipinski definition) is 1. The van der Waals surface area contributed by atoms with Crippen LogP contribution >= 0.6 is 11.8 Å². The molecule has 0 unspecified atom stereocenters. The quantitative estimate of drug-likeness (QED) is 0.471. The van der Waals surface area contributed by atoms with Crippen LogP contribution in [0.15, 0.2) is 29.2 Å². The third kappa shape index (κ3) is 7.26. The van der Waals surface area contributed by atoms with Crippen molar-refractivity contribution in [1.82, 2.24) is 0 Å². The molecule has 3 heteroatoms. The first-order chi connectivity index (χ1) is 9.24. The van der Waals surface area contributed by atoms with Crippen LogP contribution in [0.25, 0.3) is 0 Å². The molecule has 106 valence electrons. The molecular formula is C16H24O2S. The number of carbonyl (C=O) groups is 1. The van der Waals surface area contributed by atoms with Gasteiger partial charge in [-0.25, -0.2) is 4.79 Å². The second kappa shape index (κ2) is 9.90. The summed E-state index contributed by atoms with van der Waals surface area (Å²) in [5.74, 6) is 0.231. The van der Waals surface area contributed by atoms with Crippen molar-refractivity contribution in [2.24, 2.45) is 0 Å². The van der Waals surface area contributed by atoms with Gasteiger partial charge in [0.15, 0.2) is 0 Å². The monoisotopic (exact) mass is 280 g/mol. The van der Waals surface area contributed by atoms with Gasteiger partial charge in [-0.05, 0) is 30.4 Å². The molecule has 0 aliphatic heterocycles. The molecule has 0 heterocycles. The molecule has 1 aromatic rings. The van der Waals surface area contributed by atoms with Crippen LogP contribution in [0.3, 0.4) is 0 Å². The van der Waals surface area contributed by atoms with Gasteiger partial charge in [0, 0.05) is 4.90 Å². The molecule has 0 aromatic heterocycles. The van der Waals surface area contributed by atoms with Crippen molar-refractivity contribution in [3.63, 3.8) is 0 Å². The fourth-order valence-corrected chi connectivity index (χ4v) is 2.94. The third-order valence-corrected chi connectivity index (χ3v) is 4.18. The Morgan fingerprint density at radius 3 is 2.47 bits per heavy atom. The van der Waals surface area contributed by atoms with Crippen LogP contribution in [0.5, 0.6) is 0 Å². The Bertz CT molecular complexity index is 377. The summed E-state index contributed by atoms with van der Waals surface area (Å²) < 4.78 is 0. The SMILES string of the molecule is CCCCCCCCCSc1cccc(C(=O)O)c1. The summed E-state index contributed by atoms with van der Waals surface area (Å²) in [4.78, 5) is 11.9. The zero-order valence-corrected chi connectivity index (χ0v) is 12.5. The van der Waals surface area contributed by atoms with Crippen LogP contribution < -0.4 is 0 Å². The lowest BCUT2D eigenvalue weighted by molar-refractivity contribution is 0.0696. The Labute approximate surface area is 120 Å². The van der Waals surface area contributed by atoms with Gasteiger partial charge in [-0.2, -0.15) is 0 Å². The molecule has 2 nitrogen and oxygen atoms in total. The van der Waals surface area contributed by atoms with E-state index in [9.17, 15) is 4.79 Å². The van der Waals surface area contributed by atoms with Crippen molar-refractivity contribution in [3.8, 4) is 0 Å². The first-order valence-electron chi connectivity index (χ1n) is 7.20. The molecule has 1 aromatic carbocycles. The topological polar surface area (TPSA) is 37.3 Å². The van der Waals surface area contributed by atoms with E-state index in [1.165, 1.54) is 44.9 Å². The zero-order chi connectivity index (χ0) is 13.9. The molecule has 0 spiro atoms. The van der Waals surface area contributed by atoms with Crippen molar-refractivity contribution in [3.05, 3.63) is 29.8 Å². The Kier molecular flexibility index (Phi) is 8.39. The lowest BCUT2D eigenvalue weighted by Gasteiger charge is -2.03. The van der Waals surface area contributed by atoms with E-state index in [1.807, 2.05) is 12.1 Å². The molecule has 0 saturated carbocycles. The van der Waals surface area contributed by atoms with Gasteiger partial charge in [-0.15, -0.1) is 11.8 Å². The van der Waals surface area contributed by atoms with E-state index in [2.05, 4.69) is 6.92 Å². The van der Waals surface area contributed by atoms with Crippen LogP contribution in [-0.2, 0) is 0 Å². The fourth-order valence-electron chi connectivity index (χ4n) is 1.97. The number of thioether (sulfide) groups is 1. The van der Waals surface area contributed by atoms with E-state index >= 15 is 0 Å². The average molecular weight is 280 g/mol. The second-order valence-electron chi connectivity index (χ2n) is 4.80. The fraction of sp³-hybridized carbons (Fsp3) is 0.562. The minimum atomic E-state index is -0.849. The Balaban J connectivity index is 2.12. The molecule has 0 aliphatic carbocycles. The molecule has 0 aliphatic rings. The van der Waals surface area contributed by atoms with Crippen molar-refractivity contribution in [2.45, 2.75) is 56.8 Å². The standard InChI is InChI=1S/C16H24O2S/c1-2-3-4-5-6-7-8-12-19-15-11-9-10-14(13-15)16(17)18/h9-11,13H,2-8,12H2,1H3,(H,17,18). The molecule has 0 amide bonds. The minimum Gasteiger partial charge on any atom is -0.478 e. The highest BCUT2D eigenvalue weighted by molar-refractivity contribution is 7.99. The van der Waals surface area contributed by atoms with Gasteiger partial charge in [0.1, 0.15) is 0 Å². The maximum atomic E-state index is 10.8. The lowest BCUT2D eigenvalue weighted by atomic mass is 10.1. The van der Waals surface area contributed by atoms with Gasteiger partial charge in [0.2, 0.25) is 0 Å². The predicted molar refractivity (Wildman–Crippen MR) is 82.1 cm³/mol. The summed E-state index contributed by atoms with van der Waals surface area (Å²) in [6.07, 6.45) is 9.21. The van der Waals surface area contributed by atoms with Crippen molar-refractivity contribution in [2.75, 3.05) is 5.75 Å². The Hall–Kier alpha value is -0.960. The van der Waals surface area contributed by atoms with Crippen LogP contribution in [0.4, 0.5) is 0 Å². The van der Waals surface area contributed by atoms with E-state index in [-0.39, 0.29) is 0 Å². The molecule has 19 heavy (non-hydrogen) atoms. The van der Waals surface area contributed by atoms with E-state index in [4.69, 9.17) is 5.11 Å². The molecule has 0 bridgehead atoms. The molecule has 0 saturated heterocycles. The zero-order valence-electron chi connectivity index (χ0n) is 11.7. The molecule has 1 N–H and O–H groups in total. The van der Waals surface area contributed by atoms with Gasteiger partial charge in [0.05, 0.1) is 5.56 Å². The van der Waals surface area contributed by atoms with Gasteiger partial charge in [-0.3, -0.25) is 0 Å². The summed E-state index contributed by atoms with van der Waals surface area (Å²) in [7, 11) is 0. The number of benzene rings is 1. The summed E-state index contributed by atoms with van der Waals surface area (Å²) in [6.45, 7) is 2.24. The van der Waals surface area contributed by atoms with Gasteiger partial charge >= 0.3 is 5.97 Å². The average Bonchev–Trinajstić information content (AvgIpc) is 2.42. The number of carboxylic acid groups (broad SMARTS) is 1. The largest absolute Gasteiger partial charge is 0.478 e. The Morgan fingerprint density at radius 2 is 1.79 bits per heavy atom. The first-order valence-corrected chi connectivity index (χ1v) is 8.18. The van der Waals surface area contributed by atoms with Gasteiger partial charge < -0.3 is 5.11 Å². The maximum absolute atomic E-state index is 10.8. The summed E-state index contributed by atoms with van der Waals surface area (Å²) in [5.41, 5.74) is 0.379. The highest BCUT2D eigenvalue weighted by Gasteiger charge is 2.03. The highest BCUT2D eigenvalue weighted by Crippen LogP contribution is 2.21. The maximum Gasteiger partial charge on any atom is 0.335 e. The van der Waals surface area contributed by atoms with Crippen LogP contribution in [0.1, 0.15) is 62.2 Å². The van der Waals surface area contributed by atoms with Gasteiger partial charge in [-0.1, -0.05) is 51.5 Å². The molecular weight excluding hydrogens is 256 g/mol. The number of aromatic carboxylic acids is 1. The van der Waals surface area contributed by atoms with Crippen molar-refractivity contribution < 1.29 is 9.90 Å². The highest BCUT2D eigenvalue weighted by atomic mass is 32.2. The summed E-state index contributed by atoms with van der Waals surface area (Å²) in [6, 6.07) is 7.20. The smallest absolute Gasteiger partial charge is 0.335 e. The number of hydrogen-bond acceptors (Lipinski definition) is 2. The number of unbranched alkanes of at least 4 members (excludes halogenated alkanes) is 6. The van der Waals surface area contributed by atoms with Crippen LogP contribution in [0, 0.1) is 0 Å². The van der Waals surface area contributed by atoms with Crippen molar-refractivity contribution >= 4 is 17.7 Å². The van der Waals surface area contributed by atoms with E-state index < -0.39 is 5.97 Å². The second-order valence-corrected chi connectivity index (χ2v) is 5.97.